The van der Waals surface area contributed by atoms with E-state index >= 15 is 0 Å². The predicted molar refractivity (Wildman–Crippen MR) is 81.0 cm³/mol. The van der Waals surface area contributed by atoms with Crippen molar-refractivity contribution in [3.8, 4) is 0 Å². The van der Waals surface area contributed by atoms with Crippen LogP contribution in [0.2, 0.25) is 0 Å². The second-order valence-corrected chi connectivity index (χ2v) is 6.90. The van der Waals surface area contributed by atoms with Gasteiger partial charge in [-0.25, -0.2) is 0 Å². The number of hydrogen-bond acceptors (Lipinski definition) is 2. The van der Waals surface area contributed by atoms with Gasteiger partial charge in [-0.3, -0.25) is 0 Å². The second-order valence-electron chi connectivity index (χ2n) is 5.98. The smallest absolute Gasteiger partial charge is 0.0235 e. The van der Waals surface area contributed by atoms with Gasteiger partial charge in [0.25, 0.3) is 0 Å². The van der Waals surface area contributed by atoms with Crippen LogP contribution in [-0.2, 0) is 6.42 Å². The number of nitrogens with one attached hydrogen (secondary N) is 1. The number of halogens is 1. The molecule has 1 atom stereocenters. The molecule has 1 aliphatic heterocycles. The van der Waals surface area contributed by atoms with Crippen molar-refractivity contribution in [2.45, 2.75) is 38.3 Å². The standard InChI is InChI=1S/C15H23BrN2/c1-15(2)10-14(11-17-15)18(3)8-7-12-5-4-6-13(16)9-12/h4-6,9,14,17H,7-8,10-11H2,1-3H3. The first kappa shape index (κ1) is 14.0. The Morgan fingerprint density at radius 3 is 2.83 bits per heavy atom. The van der Waals surface area contributed by atoms with Gasteiger partial charge in [-0.05, 0) is 51.4 Å². The molecule has 0 amide bonds. The van der Waals surface area contributed by atoms with Crippen molar-refractivity contribution in [2.24, 2.45) is 0 Å². The molecule has 100 valence electrons. The summed E-state index contributed by atoms with van der Waals surface area (Å²) in [5.74, 6) is 0. The maximum Gasteiger partial charge on any atom is 0.0235 e. The Morgan fingerprint density at radius 2 is 2.22 bits per heavy atom. The zero-order chi connectivity index (χ0) is 13.2. The van der Waals surface area contributed by atoms with Gasteiger partial charge in [0.15, 0.2) is 0 Å². The van der Waals surface area contributed by atoms with E-state index in [-0.39, 0.29) is 0 Å². The molecule has 0 aliphatic carbocycles. The van der Waals surface area contributed by atoms with Crippen molar-refractivity contribution < 1.29 is 0 Å². The van der Waals surface area contributed by atoms with Crippen LogP contribution in [0.3, 0.4) is 0 Å². The van der Waals surface area contributed by atoms with E-state index in [0.29, 0.717) is 11.6 Å². The summed E-state index contributed by atoms with van der Waals surface area (Å²) in [6.45, 7) is 6.81. The molecule has 2 nitrogen and oxygen atoms in total. The zero-order valence-corrected chi connectivity index (χ0v) is 13.1. The molecule has 18 heavy (non-hydrogen) atoms. The highest BCUT2D eigenvalue weighted by molar-refractivity contribution is 9.10. The third kappa shape index (κ3) is 3.81. The van der Waals surface area contributed by atoms with Crippen LogP contribution in [0, 0.1) is 0 Å². The number of benzene rings is 1. The summed E-state index contributed by atoms with van der Waals surface area (Å²) in [5.41, 5.74) is 1.70. The average Bonchev–Trinajstić information content (AvgIpc) is 2.67. The second kappa shape index (κ2) is 5.72. The summed E-state index contributed by atoms with van der Waals surface area (Å²) in [6, 6.07) is 9.28. The molecular formula is C15H23BrN2. The third-order valence-electron chi connectivity index (χ3n) is 3.83. The minimum atomic E-state index is 0.300. The van der Waals surface area contributed by atoms with E-state index in [1.807, 2.05) is 0 Å². The molecule has 0 radical (unpaired) electrons. The van der Waals surface area contributed by atoms with Crippen LogP contribution in [0.5, 0.6) is 0 Å². The Hall–Kier alpha value is -0.380. The Kier molecular flexibility index (Phi) is 4.46. The predicted octanol–water partition coefficient (Wildman–Crippen LogP) is 3.06. The highest BCUT2D eigenvalue weighted by atomic mass is 79.9. The molecule has 0 spiro atoms. The van der Waals surface area contributed by atoms with Crippen LogP contribution < -0.4 is 5.32 Å². The summed E-state index contributed by atoms with van der Waals surface area (Å²) in [4.78, 5) is 2.49. The molecule has 1 heterocycles. The van der Waals surface area contributed by atoms with Crippen LogP contribution in [0.15, 0.2) is 28.7 Å². The lowest BCUT2D eigenvalue weighted by atomic mass is 10.0. The maximum absolute atomic E-state index is 3.58. The molecule has 1 aliphatic rings. The van der Waals surface area contributed by atoms with Crippen molar-refractivity contribution in [1.82, 2.24) is 10.2 Å². The molecule has 0 saturated carbocycles. The van der Waals surface area contributed by atoms with Crippen LogP contribution in [0.1, 0.15) is 25.8 Å². The zero-order valence-electron chi connectivity index (χ0n) is 11.5. The molecule has 3 heteroatoms. The van der Waals surface area contributed by atoms with Crippen molar-refractivity contribution in [3.63, 3.8) is 0 Å². The lowest BCUT2D eigenvalue weighted by Crippen LogP contribution is -2.34. The number of hydrogen-bond donors (Lipinski definition) is 1. The molecule has 1 N–H and O–H groups in total. The van der Waals surface area contributed by atoms with Crippen LogP contribution >= 0.6 is 15.9 Å². The molecule has 0 bridgehead atoms. The van der Waals surface area contributed by atoms with E-state index in [1.54, 1.807) is 0 Å². The Bertz CT molecular complexity index is 403. The fourth-order valence-electron chi connectivity index (χ4n) is 2.62. The van der Waals surface area contributed by atoms with Gasteiger partial charge >= 0.3 is 0 Å². The summed E-state index contributed by atoms with van der Waals surface area (Å²) in [5, 5.41) is 3.58. The molecule has 1 aromatic rings. The summed E-state index contributed by atoms with van der Waals surface area (Å²) in [7, 11) is 2.24. The molecule has 0 aromatic heterocycles. The molecule has 1 saturated heterocycles. The largest absolute Gasteiger partial charge is 0.310 e. The fraction of sp³-hybridized carbons (Fsp3) is 0.600. The first-order valence-electron chi connectivity index (χ1n) is 6.66. The van der Waals surface area contributed by atoms with Crippen molar-refractivity contribution in [3.05, 3.63) is 34.3 Å². The van der Waals surface area contributed by atoms with Gasteiger partial charge in [0.2, 0.25) is 0 Å². The van der Waals surface area contributed by atoms with Gasteiger partial charge in [-0.1, -0.05) is 28.1 Å². The van der Waals surface area contributed by atoms with Crippen LogP contribution in [0.4, 0.5) is 0 Å². The number of nitrogens with zero attached hydrogens (tertiary/aromatic N) is 1. The van der Waals surface area contributed by atoms with Gasteiger partial charge in [0.05, 0.1) is 0 Å². The minimum Gasteiger partial charge on any atom is -0.310 e. The van der Waals surface area contributed by atoms with Crippen LogP contribution in [-0.4, -0.2) is 36.6 Å². The van der Waals surface area contributed by atoms with Crippen LogP contribution in [0.25, 0.3) is 0 Å². The van der Waals surface area contributed by atoms with Gasteiger partial charge in [0, 0.05) is 29.1 Å². The molecule has 1 aromatic carbocycles. The quantitative estimate of drug-likeness (QED) is 0.919. The third-order valence-corrected chi connectivity index (χ3v) is 4.32. The normalized spacial score (nSPS) is 22.6. The summed E-state index contributed by atoms with van der Waals surface area (Å²) < 4.78 is 1.17. The lowest BCUT2D eigenvalue weighted by molar-refractivity contribution is 0.251. The van der Waals surface area contributed by atoms with Crippen molar-refractivity contribution in [1.29, 1.82) is 0 Å². The van der Waals surface area contributed by atoms with Gasteiger partial charge < -0.3 is 10.2 Å². The topological polar surface area (TPSA) is 15.3 Å². The SMILES string of the molecule is CN(CCc1cccc(Br)c1)C1CNC(C)(C)C1. The van der Waals surface area contributed by atoms with E-state index in [1.165, 1.54) is 16.5 Å². The fourth-order valence-corrected chi connectivity index (χ4v) is 3.07. The highest BCUT2D eigenvalue weighted by Crippen LogP contribution is 2.21. The highest BCUT2D eigenvalue weighted by Gasteiger charge is 2.32. The van der Waals surface area contributed by atoms with E-state index in [9.17, 15) is 0 Å². The number of likely N-dealkylation sites (N-methyl/N-ethyl adjacent to an activating group) is 1. The summed E-state index contributed by atoms with van der Waals surface area (Å²) in [6.07, 6.45) is 2.36. The molecular weight excluding hydrogens is 288 g/mol. The van der Waals surface area contributed by atoms with E-state index in [4.69, 9.17) is 0 Å². The summed E-state index contributed by atoms with van der Waals surface area (Å²) >= 11 is 3.53. The van der Waals surface area contributed by atoms with E-state index in [2.05, 4.69) is 71.3 Å². The van der Waals surface area contributed by atoms with Crippen molar-refractivity contribution >= 4 is 15.9 Å². The monoisotopic (exact) mass is 310 g/mol. The Morgan fingerprint density at radius 1 is 1.44 bits per heavy atom. The average molecular weight is 311 g/mol. The first-order valence-corrected chi connectivity index (χ1v) is 7.45. The molecule has 2 rings (SSSR count). The molecule has 1 unspecified atom stereocenters. The number of rotatable bonds is 4. The Labute approximate surface area is 119 Å². The lowest BCUT2D eigenvalue weighted by Gasteiger charge is -2.25. The van der Waals surface area contributed by atoms with Gasteiger partial charge in [-0.15, -0.1) is 0 Å². The van der Waals surface area contributed by atoms with Crippen molar-refractivity contribution in [2.75, 3.05) is 20.1 Å². The van der Waals surface area contributed by atoms with Gasteiger partial charge in [-0.2, -0.15) is 0 Å². The van der Waals surface area contributed by atoms with Gasteiger partial charge in [0.1, 0.15) is 0 Å². The minimum absolute atomic E-state index is 0.300. The first-order chi connectivity index (χ1) is 8.46. The van der Waals surface area contributed by atoms with E-state index < -0.39 is 0 Å². The molecule has 1 fully saturated rings. The maximum atomic E-state index is 3.58. The van der Waals surface area contributed by atoms with E-state index in [0.717, 1.165) is 19.5 Å². The Balaban J connectivity index is 1.84.